The molecule has 16 heavy (non-hydrogen) atoms. The summed E-state index contributed by atoms with van der Waals surface area (Å²) >= 11 is 0. The summed E-state index contributed by atoms with van der Waals surface area (Å²) in [5.74, 6) is 0. The first kappa shape index (κ1) is 22.1. The van der Waals surface area contributed by atoms with Crippen molar-refractivity contribution in [3.63, 3.8) is 0 Å². The Bertz CT molecular complexity index is 189. The first-order valence-corrected chi connectivity index (χ1v) is 6.79. The minimum atomic E-state index is -4.67. The molecule has 0 saturated carbocycles. The molecule has 94 valence electrons. The molecule has 0 saturated heterocycles. The van der Waals surface area contributed by atoms with Crippen molar-refractivity contribution in [2.75, 3.05) is 0 Å². The number of hydrogen-bond donors (Lipinski definition) is 2. The second-order valence-electron chi connectivity index (χ2n) is 3.41. The molecule has 4 nitrogen and oxygen atoms in total. The molecule has 0 radical (unpaired) electrons. The van der Waals surface area contributed by atoms with Gasteiger partial charge in [0.05, 0.1) is 0 Å². The zero-order valence-electron chi connectivity index (χ0n) is 10.6. The summed E-state index contributed by atoms with van der Waals surface area (Å²) in [6.45, 7) is 4.41. The molecule has 0 aliphatic carbocycles. The molecule has 6 heteroatoms. The van der Waals surface area contributed by atoms with Crippen LogP contribution in [0.15, 0.2) is 0 Å². The minimum Gasteiger partial charge on any atom is -0.332 e. The summed E-state index contributed by atoms with van der Waals surface area (Å²) in [5, 5.41) is 0. The molecule has 0 aromatic heterocycles. The van der Waals surface area contributed by atoms with Crippen molar-refractivity contribution in [1.82, 2.24) is 0 Å². The van der Waals surface area contributed by atoms with E-state index in [-0.39, 0.29) is 29.6 Å². The summed E-state index contributed by atoms with van der Waals surface area (Å²) in [5.41, 5.74) is 0. The zero-order chi connectivity index (χ0) is 12.2. The van der Waals surface area contributed by atoms with Gasteiger partial charge in [-0.05, 0) is 0 Å². The summed E-state index contributed by atoms with van der Waals surface area (Å²) in [6, 6.07) is 0. The molecule has 0 aliphatic heterocycles. The molecule has 0 bridgehead atoms. The maximum Gasteiger partial charge on any atom is 1.00 e. The molecule has 2 N–H and O–H groups in total. The first-order chi connectivity index (χ1) is 6.91. The van der Waals surface area contributed by atoms with E-state index in [9.17, 15) is 0 Å². The van der Waals surface area contributed by atoms with E-state index in [0.29, 0.717) is 0 Å². The normalized spacial score (nSPS) is 10.0. The summed E-state index contributed by atoms with van der Waals surface area (Å²) in [6.07, 6.45) is 12.1. The van der Waals surface area contributed by atoms with E-state index < -0.39 is 10.4 Å². The molecule has 0 spiro atoms. The SMILES string of the molecule is C[CH-]CCCCCCCC.O=S(=O)(O)O.[Na+]. The van der Waals surface area contributed by atoms with Crippen LogP contribution in [0.5, 0.6) is 0 Å². The maximum atomic E-state index is 8.74. The van der Waals surface area contributed by atoms with E-state index in [0.717, 1.165) is 0 Å². The number of rotatable bonds is 7. The smallest absolute Gasteiger partial charge is 0.332 e. The van der Waals surface area contributed by atoms with E-state index in [4.69, 9.17) is 17.5 Å². The second kappa shape index (κ2) is 15.9. The van der Waals surface area contributed by atoms with Gasteiger partial charge in [0.25, 0.3) is 0 Å². The molecule has 0 amide bonds. The van der Waals surface area contributed by atoms with Gasteiger partial charge in [-0.25, -0.2) is 0 Å². The van der Waals surface area contributed by atoms with Gasteiger partial charge in [0.1, 0.15) is 0 Å². The maximum absolute atomic E-state index is 8.74. The molecule has 0 fully saturated rings. The third-order valence-electron chi connectivity index (χ3n) is 1.85. The Morgan fingerprint density at radius 3 is 1.75 bits per heavy atom. The van der Waals surface area contributed by atoms with Crippen molar-refractivity contribution in [3.8, 4) is 0 Å². The van der Waals surface area contributed by atoms with Crippen LogP contribution in [0.2, 0.25) is 0 Å². The molecule has 0 aromatic carbocycles. The van der Waals surface area contributed by atoms with Crippen LogP contribution in [0.4, 0.5) is 0 Å². The molecule has 0 atom stereocenters. The van der Waals surface area contributed by atoms with Gasteiger partial charge in [-0.1, -0.05) is 45.4 Å². The molecule has 0 aromatic rings. The monoisotopic (exact) mass is 262 g/mol. The molecular formula is C10H23NaO4S. The average molecular weight is 262 g/mol. The van der Waals surface area contributed by atoms with Crippen LogP contribution in [0, 0.1) is 6.42 Å². The topological polar surface area (TPSA) is 74.6 Å². The van der Waals surface area contributed by atoms with Crippen LogP contribution in [-0.4, -0.2) is 17.5 Å². The van der Waals surface area contributed by atoms with E-state index >= 15 is 0 Å². The van der Waals surface area contributed by atoms with Crippen LogP contribution in [-0.2, 0) is 10.4 Å². The van der Waals surface area contributed by atoms with Crippen LogP contribution >= 0.6 is 0 Å². The Morgan fingerprint density at radius 1 is 1.00 bits per heavy atom. The van der Waals surface area contributed by atoms with E-state index in [1.54, 1.807) is 0 Å². The molecule has 0 aliphatic rings. The number of hydrogen-bond acceptors (Lipinski definition) is 2. The predicted molar refractivity (Wildman–Crippen MR) is 62.1 cm³/mol. The first-order valence-electron chi connectivity index (χ1n) is 5.39. The summed E-state index contributed by atoms with van der Waals surface area (Å²) in [4.78, 5) is 0. The fraction of sp³-hybridized carbons (Fsp3) is 0.900. The van der Waals surface area contributed by atoms with Crippen molar-refractivity contribution >= 4 is 10.4 Å². The van der Waals surface area contributed by atoms with Gasteiger partial charge in [-0.2, -0.15) is 21.8 Å². The van der Waals surface area contributed by atoms with Crippen LogP contribution in [0.3, 0.4) is 0 Å². The molecular weight excluding hydrogens is 239 g/mol. The van der Waals surface area contributed by atoms with E-state index in [1.165, 1.54) is 44.9 Å². The quantitative estimate of drug-likeness (QED) is 0.300. The third kappa shape index (κ3) is 46.2. The number of unbranched alkanes of at least 4 members (excludes halogenated alkanes) is 7. The summed E-state index contributed by atoms with van der Waals surface area (Å²) in [7, 11) is -4.67. The standard InChI is InChI=1S/C10H21.Na.H2O4S/c1-3-5-7-9-10-8-6-4-2;;1-5(2,3)4/h3H,4-10H2,1-2H3;;(H2,1,2,3,4)/q-1;+1;. The van der Waals surface area contributed by atoms with Gasteiger partial charge in [0, 0.05) is 0 Å². The third-order valence-corrected chi connectivity index (χ3v) is 1.85. The Labute approximate surface area is 122 Å². The molecule has 0 unspecified atom stereocenters. The Kier molecular flexibility index (Phi) is 21.9. The largest absolute Gasteiger partial charge is 1.00 e. The second-order valence-corrected chi connectivity index (χ2v) is 4.31. The van der Waals surface area contributed by atoms with Crippen molar-refractivity contribution in [1.29, 1.82) is 0 Å². The van der Waals surface area contributed by atoms with Crippen LogP contribution < -0.4 is 29.6 Å². The van der Waals surface area contributed by atoms with E-state index in [1.807, 2.05) is 0 Å². The van der Waals surface area contributed by atoms with Crippen molar-refractivity contribution in [2.45, 2.75) is 58.8 Å². The molecule has 0 rings (SSSR count). The zero-order valence-corrected chi connectivity index (χ0v) is 13.5. The van der Waals surface area contributed by atoms with Crippen molar-refractivity contribution in [3.05, 3.63) is 6.42 Å². The van der Waals surface area contributed by atoms with Gasteiger partial charge in [0.15, 0.2) is 0 Å². The van der Waals surface area contributed by atoms with Gasteiger partial charge in [0.2, 0.25) is 0 Å². The Hall–Kier alpha value is 0.870. The van der Waals surface area contributed by atoms with E-state index in [2.05, 4.69) is 20.3 Å². The average Bonchev–Trinajstić information content (AvgIpc) is 2.08. The van der Waals surface area contributed by atoms with Gasteiger partial charge < -0.3 is 6.42 Å². The Balaban J connectivity index is -0.000000242. The Morgan fingerprint density at radius 2 is 1.38 bits per heavy atom. The predicted octanol–water partition coefficient (Wildman–Crippen LogP) is 0.312. The van der Waals surface area contributed by atoms with Gasteiger partial charge in [-0.15, -0.1) is 0 Å². The van der Waals surface area contributed by atoms with Gasteiger partial charge >= 0.3 is 40.0 Å². The van der Waals surface area contributed by atoms with Crippen molar-refractivity contribution < 1.29 is 47.1 Å². The van der Waals surface area contributed by atoms with Crippen molar-refractivity contribution in [2.24, 2.45) is 0 Å². The molecule has 0 heterocycles. The minimum absolute atomic E-state index is 0. The van der Waals surface area contributed by atoms with Crippen LogP contribution in [0.1, 0.15) is 58.8 Å². The van der Waals surface area contributed by atoms with Gasteiger partial charge in [-0.3, -0.25) is 9.11 Å². The van der Waals surface area contributed by atoms with Crippen LogP contribution in [0.25, 0.3) is 0 Å². The fourth-order valence-corrected chi connectivity index (χ4v) is 1.13. The fourth-order valence-electron chi connectivity index (χ4n) is 1.13. The summed E-state index contributed by atoms with van der Waals surface area (Å²) < 4.78 is 31.6.